The van der Waals surface area contributed by atoms with Crippen molar-refractivity contribution in [1.29, 1.82) is 0 Å². The fraction of sp³-hybridized carbons (Fsp3) is 1.00. The van der Waals surface area contributed by atoms with E-state index in [2.05, 4.69) is 11.1 Å². The maximum Gasteiger partial charge on any atom is 1.00 e. The maximum atomic E-state index is 10.2. The first kappa shape index (κ1) is 39.8. The molecule has 0 aromatic rings. The SMILES string of the molecule is CCCCCCCCCCCCCOCCOCCOCCOCCOCCOCCOS(=O)(=O)[O-].[Na+]. The Morgan fingerprint density at radius 2 is 0.703 bits per heavy atom. The molecule has 37 heavy (non-hydrogen) atoms. The van der Waals surface area contributed by atoms with Gasteiger partial charge in [-0.25, -0.2) is 8.42 Å². The van der Waals surface area contributed by atoms with Crippen molar-refractivity contribution < 1.29 is 75.1 Å². The third kappa shape index (κ3) is 38.8. The van der Waals surface area contributed by atoms with Gasteiger partial charge in [0.15, 0.2) is 0 Å². The zero-order chi connectivity index (χ0) is 26.4. The number of hydrogen-bond acceptors (Lipinski definition) is 10. The van der Waals surface area contributed by atoms with Crippen molar-refractivity contribution in [2.45, 2.75) is 77.6 Å². The molecule has 0 saturated heterocycles. The fourth-order valence-corrected chi connectivity index (χ4v) is 3.54. The summed E-state index contributed by atoms with van der Waals surface area (Å²) < 4.78 is 66.8. The van der Waals surface area contributed by atoms with Crippen LogP contribution < -0.4 is 29.6 Å². The fourth-order valence-electron chi connectivity index (χ4n) is 3.26. The van der Waals surface area contributed by atoms with Gasteiger partial charge < -0.3 is 33.0 Å². The van der Waals surface area contributed by atoms with Gasteiger partial charge in [-0.1, -0.05) is 71.1 Å². The third-order valence-electron chi connectivity index (χ3n) is 5.21. The summed E-state index contributed by atoms with van der Waals surface area (Å²) >= 11 is 0. The van der Waals surface area contributed by atoms with Gasteiger partial charge >= 0.3 is 29.6 Å². The van der Waals surface area contributed by atoms with Crippen LogP contribution in [0.5, 0.6) is 0 Å². The second-order valence-electron chi connectivity index (χ2n) is 8.44. The average molecular weight is 567 g/mol. The Hall–Kier alpha value is 0.630. The van der Waals surface area contributed by atoms with Crippen LogP contribution in [-0.4, -0.2) is 98.9 Å². The molecular weight excluding hydrogens is 515 g/mol. The van der Waals surface area contributed by atoms with Gasteiger partial charge in [0.25, 0.3) is 0 Å². The van der Waals surface area contributed by atoms with Crippen molar-refractivity contribution in [3.63, 3.8) is 0 Å². The molecule has 12 heteroatoms. The molecule has 0 fully saturated rings. The molecule has 0 aromatic carbocycles. The van der Waals surface area contributed by atoms with E-state index in [1.165, 1.54) is 64.2 Å². The Morgan fingerprint density at radius 3 is 1.03 bits per heavy atom. The molecule has 0 bridgehead atoms. The van der Waals surface area contributed by atoms with E-state index < -0.39 is 10.4 Å². The van der Waals surface area contributed by atoms with Gasteiger partial charge in [0, 0.05) is 6.61 Å². The molecule has 0 amide bonds. The first-order valence-corrected chi connectivity index (χ1v) is 15.0. The Balaban J connectivity index is 0. The molecule has 0 aromatic heterocycles. The van der Waals surface area contributed by atoms with Crippen molar-refractivity contribution in [2.75, 3.05) is 85.9 Å². The predicted molar refractivity (Wildman–Crippen MR) is 137 cm³/mol. The molecule has 218 valence electrons. The minimum atomic E-state index is -4.65. The van der Waals surface area contributed by atoms with Gasteiger partial charge in [0.05, 0.1) is 79.3 Å². The number of hydrogen-bond donors (Lipinski definition) is 0. The molecule has 0 aliphatic heterocycles. The zero-order valence-electron chi connectivity index (χ0n) is 23.5. The van der Waals surface area contributed by atoms with Crippen LogP contribution in [0.4, 0.5) is 0 Å². The maximum absolute atomic E-state index is 10.2. The van der Waals surface area contributed by atoms with E-state index in [0.29, 0.717) is 59.5 Å². The second-order valence-corrected chi connectivity index (χ2v) is 9.49. The summed E-state index contributed by atoms with van der Waals surface area (Å²) in [6, 6.07) is 0. The first-order valence-electron chi connectivity index (χ1n) is 13.6. The van der Waals surface area contributed by atoms with Gasteiger partial charge in [-0.3, -0.25) is 4.18 Å². The Kier molecular flexibility index (Phi) is 35.3. The molecule has 0 saturated carbocycles. The van der Waals surface area contributed by atoms with E-state index in [1.807, 2.05) is 0 Å². The van der Waals surface area contributed by atoms with Crippen LogP contribution in [0.2, 0.25) is 0 Å². The van der Waals surface area contributed by atoms with Crippen LogP contribution in [0.25, 0.3) is 0 Å². The van der Waals surface area contributed by atoms with E-state index in [-0.39, 0.29) is 49.4 Å². The van der Waals surface area contributed by atoms with Crippen LogP contribution in [0, 0.1) is 0 Å². The average Bonchev–Trinajstić information content (AvgIpc) is 2.84. The number of rotatable bonds is 31. The van der Waals surface area contributed by atoms with E-state index >= 15 is 0 Å². The predicted octanol–water partition coefficient (Wildman–Crippen LogP) is 0.878. The molecule has 0 N–H and O–H groups in total. The van der Waals surface area contributed by atoms with Crippen molar-refractivity contribution in [1.82, 2.24) is 0 Å². The second kappa shape index (κ2) is 32.8. The van der Waals surface area contributed by atoms with E-state index in [4.69, 9.17) is 28.4 Å². The standard InChI is InChI=1S/C25H52O10S.Na/c1-2-3-4-5-6-7-8-9-10-11-12-13-29-14-15-30-16-17-31-18-19-32-20-21-33-22-23-34-24-25-35-36(26,27)28;/h2-25H2,1H3,(H,26,27,28);/q;+1/p-1. The summed E-state index contributed by atoms with van der Waals surface area (Å²) in [5.74, 6) is 0. The summed E-state index contributed by atoms with van der Waals surface area (Å²) in [6.45, 7) is 7.49. The van der Waals surface area contributed by atoms with E-state index in [9.17, 15) is 13.0 Å². The van der Waals surface area contributed by atoms with Crippen LogP contribution in [0.1, 0.15) is 77.6 Å². The monoisotopic (exact) mass is 566 g/mol. The molecule has 0 aliphatic rings. The third-order valence-corrected chi connectivity index (χ3v) is 5.66. The molecule has 0 aliphatic carbocycles. The molecule has 10 nitrogen and oxygen atoms in total. The van der Waals surface area contributed by atoms with Gasteiger partial charge in [-0.2, -0.15) is 0 Å². The summed E-state index contributed by atoms with van der Waals surface area (Å²) in [6.07, 6.45) is 14.7. The quantitative estimate of drug-likeness (QED) is 0.0517. The zero-order valence-corrected chi connectivity index (χ0v) is 26.3. The Morgan fingerprint density at radius 1 is 0.432 bits per heavy atom. The number of ether oxygens (including phenoxy) is 6. The molecule has 0 heterocycles. The number of unbranched alkanes of at least 4 members (excludes halogenated alkanes) is 10. The van der Waals surface area contributed by atoms with Crippen molar-refractivity contribution in [3.8, 4) is 0 Å². The van der Waals surface area contributed by atoms with E-state index in [1.54, 1.807) is 0 Å². The van der Waals surface area contributed by atoms with Crippen molar-refractivity contribution in [3.05, 3.63) is 0 Å². The summed E-state index contributed by atoms with van der Waals surface area (Å²) in [4.78, 5) is 0. The minimum absolute atomic E-state index is 0. The molecule has 0 spiro atoms. The van der Waals surface area contributed by atoms with Crippen LogP contribution in [0.15, 0.2) is 0 Å². The van der Waals surface area contributed by atoms with Gasteiger partial charge in [0.1, 0.15) is 0 Å². The Bertz CT molecular complexity index is 526. The molecule has 0 rings (SSSR count). The summed E-state index contributed by atoms with van der Waals surface area (Å²) in [5, 5.41) is 0. The smallest absolute Gasteiger partial charge is 0.726 e. The first-order chi connectivity index (χ1) is 17.6. The molecule has 0 unspecified atom stereocenters. The van der Waals surface area contributed by atoms with Crippen molar-refractivity contribution in [2.24, 2.45) is 0 Å². The summed E-state index contributed by atoms with van der Waals surface area (Å²) in [7, 11) is -4.65. The molecular formula is C25H51NaO10S. The van der Waals surface area contributed by atoms with Crippen LogP contribution in [-0.2, 0) is 43.0 Å². The normalized spacial score (nSPS) is 11.6. The van der Waals surface area contributed by atoms with E-state index in [0.717, 1.165) is 13.0 Å². The van der Waals surface area contributed by atoms with Crippen molar-refractivity contribution >= 4 is 10.4 Å². The molecule has 0 radical (unpaired) electrons. The van der Waals surface area contributed by atoms with Crippen LogP contribution in [0.3, 0.4) is 0 Å². The largest absolute Gasteiger partial charge is 1.00 e. The minimum Gasteiger partial charge on any atom is -0.726 e. The molecule has 0 atom stereocenters. The Labute approximate surface area is 248 Å². The summed E-state index contributed by atoms with van der Waals surface area (Å²) in [5.41, 5.74) is 0. The van der Waals surface area contributed by atoms with Crippen LogP contribution >= 0.6 is 0 Å². The van der Waals surface area contributed by atoms with Gasteiger partial charge in [-0.05, 0) is 6.42 Å². The van der Waals surface area contributed by atoms with Gasteiger partial charge in [-0.15, -0.1) is 0 Å². The topological polar surface area (TPSA) is 122 Å². The van der Waals surface area contributed by atoms with Gasteiger partial charge in [0.2, 0.25) is 10.4 Å².